The molecule has 0 spiro atoms. The number of nitrogens with one attached hydrogen (secondary N) is 3. The highest BCUT2D eigenvalue weighted by Gasteiger charge is 2.37. The Morgan fingerprint density at radius 3 is 2.65 bits per heavy atom. The maximum Gasteiger partial charge on any atom is 0.271 e. The van der Waals surface area contributed by atoms with E-state index in [1.807, 2.05) is 38.1 Å². The van der Waals surface area contributed by atoms with Crippen LogP contribution in [-0.4, -0.2) is 63.1 Å². The Hall–Kier alpha value is -3.17. The van der Waals surface area contributed by atoms with Gasteiger partial charge in [0.1, 0.15) is 17.4 Å². The quantitative estimate of drug-likeness (QED) is 0.450. The van der Waals surface area contributed by atoms with Gasteiger partial charge in [-0.15, -0.1) is 0 Å². The number of hydrogen-bond acceptors (Lipinski definition) is 5. The largest absolute Gasteiger partial charge is 0.394 e. The molecule has 2 heterocycles. The van der Waals surface area contributed by atoms with Gasteiger partial charge in [0.2, 0.25) is 5.91 Å². The first-order valence-corrected chi connectivity index (χ1v) is 10.3. The van der Waals surface area contributed by atoms with Crippen LogP contribution in [0.2, 0.25) is 0 Å². The number of anilines is 1. The molecule has 5 N–H and O–H groups in total. The smallest absolute Gasteiger partial charge is 0.271 e. The number of aromatic amines is 1. The fourth-order valence-electron chi connectivity index (χ4n) is 3.57. The molecule has 0 fully saturated rings. The zero-order chi connectivity index (χ0) is 22.5. The van der Waals surface area contributed by atoms with Crippen molar-refractivity contribution in [2.24, 2.45) is 5.92 Å². The predicted octanol–water partition coefficient (Wildman–Crippen LogP) is 1.11. The van der Waals surface area contributed by atoms with E-state index in [9.17, 15) is 19.5 Å². The number of amides is 3. The molecule has 166 valence electrons. The molecule has 0 aliphatic carbocycles. The van der Waals surface area contributed by atoms with Crippen LogP contribution in [0.4, 0.5) is 5.69 Å². The number of fused-ring (bicyclic) bond motifs is 1. The first-order chi connectivity index (χ1) is 14.8. The normalized spacial score (nSPS) is 17.9. The van der Waals surface area contributed by atoms with Crippen molar-refractivity contribution in [3.05, 3.63) is 53.3 Å². The molecular formula is C22H28N4O5. The van der Waals surface area contributed by atoms with Crippen LogP contribution >= 0.6 is 0 Å². The summed E-state index contributed by atoms with van der Waals surface area (Å²) in [5, 5.41) is 23.6. The molecule has 9 heteroatoms. The van der Waals surface area contributed by atoms with Crippen molar-refractivity contribution in [1.29, 1.82) is 0 Å². The Kier molecular flexibility index (Phi) is 7.09. The monoisotopic (exact) mass is 428 g/mol. The number of rotatable bonds is 7. The lowest BCUT2D eigenvalue weighted by molar-refractivity contribution is -0.122. The topological polar surface area (TPSA) is 135 Å². The van der Waals surface area contributed by atoms with E-state index in [1.54, 1.807) is 4.90 Å². The molecule has 31 heavy (non-hydrogen) atoms. The SMILES string of the molecule is CC[C@H](C)[C@H]1C(=O)Nc2ccccc2CN1C(=O)c1ccc(C(=O)NCC(O)CO)[nH]1. The first-order valence-electron chi connectivity index (χ1n) is 10.3. The minimum absolute atomic E-state index is 0.0732. The van der Waals surface area contributed by atoms with Crippen LogP contribution in [0.25, 0.3) is 0 Å². The third kappa shape index (κ3) is 4.95. The van der Waals surface area contributed by atoms with Crippen molar-refractivity contribution >= 4 is 23.4 Å². The summed E-state index contributed by atoms with van der Waals surface area (Å²) in [7, 11) is 0. The van der Waals surface area contributed by atoms with Gasteiger partial charge in [-0.3, -0.25) is 14.4 Å². The van der Waals surface area contributed by atoms with Gasteiger partial charge < -0.3 is 30.7 Å². The number of carbonyl (C=O) groups is 3. The van der Waals surface area contributed by atoms with E-state index in [-0.39, 0.29) is 42.2 Å². The van der Waals surface area contributed by atoms with Crippen LogP contribution in [0.3, 0.4) is 0 Å². The van der Waals surface area contributed by atoms with Crippen LogP contribution in [0.5, 0.6) is 0 Å². The first kappa shape index (κ1) is 22.5. The maximum atomic E-state index is 13.4. The second-order valence-electron chi connectivity index (χ2n) is 7.74. The Bertz CT molecular complexity index is 957. The van der Waals surface area contributed by atoms with Crippen LogP contribution in [0, 0.1) is 5.92 Å². The number of para-hydroxylation sites is 1. The second-order valence-corrected chi connectivity index (χ2v) is 7.74. The molecular weight excluding hydrogens is 400 g/mol. The molecule has 1 aromatic heterocycles. The molecule has 1 aromatic carbocycles. The number of aromatic nitrogens is 1. The molecule has 3 atom stereocenters. The fourth-order valence-corrected chi connectivity index (χ4v) is 3.57. The molecule has 0 saturated heterocycles. The van der Waals surface area contributed by atoms with Crippen molar-refractivity contribution in [2.45, 2.75) is 39.0 Å². The predicted molar refractivity (Wildman–Crippen MR) is 114 cm³/mol. The van der Waals surface area contributed by atoms with E-state index >= 15 is 0 Å². The van der Waals surface area contributed by atoms with Crippen LogP contribution < -0.4 is 10.6 Å². The van der Waals surface area contributed by atoms with Gasteiger partial charge in [-0.25, -0.2) is 0 Å². The van der Waals surface area contributed by atoms with Gasteiger partial charge in [0.05, 0.1) is 12.7 Å². The lowest BCUT2D eigenvalue weighted by atomic mass is 9.96. The summed E-state index contributed by atoms with van der Waals surface area (Å²) in [6.07, 6.45) is -0.351. The molecule has 1 aliphatic heterocycles. The van der Waals surface area contributed by atoms with Gasteiger partial charge in [0.15, 0.2) is 0 Å². The van der Waals surface area contributed by atoms with Crippen molar-refractivity contribution in [3.63, 3.8) is 0 Å². The zero-order valence-corrected chi connectivity index (χ0v) is 17.6. The third-order valence-corrected chi connectivity index (χ3v) is 5.53. The molecule has 9 nitrogen and oxygen atoms in total. The molecule has 3 amide bonds. The lowest BCUT2D eigenvalue weighted by Crippen LogP contribution is -2.49. The molecule has 1 unspecified atom stereocenters. The summed E-state index contributed by atoms with van der Waals surface area (Å²) in [5.41, 5.74) is 1.85. The van der Waals surface area contributed by atoms with Gasteiger partial charge >= 0.3 is 0 Å². The van der Waals surface area contributed by atoms with E-state index in [0.717, 1.165) is 5.56 Å². The summed E-state index contributed by atoms with van der Waals surface area (Å²) in [4.78, 5) is 43.0. The molecule has 1 aliphatic rings. The average molecular weight is 428 g/mol. The summed E-state index contributed by atoms with van der Waals surface area (Å²) < 4.78 is 0. The highest BCUT2D eigenvalue weighted by Crippen LogP contribution is 2.28. The highest BCUT2D eigenvalue weighted by atomic mass is 16.3. The summed E-state index contributed by atoms with van der Waals surface area (Å²) in [6, 6.07) is 9.68. The number of H-pyrrole nitrogens is 1. The van der Waals surface area contributed by atoms with Gasteiger partial charge in [-0.1, -0.05) is 38.5 Å². The minimum Gasteiger partial charge on any atom is -0.394 e. The molecule has 3 rings (SSSR count). The zero-order valence-electron chi connectivity index (χ0n) is 17.6. The number of aliphatic hydroxyl groups excluding tert-OH is 2. The van der Waals surface area contributed by atoms with E-state index in [4.69, 9.17) is 5.11 Å². The van der Waals surface area contributed by atoms with Gasteiger partial charge in [-0.2, -0.15) is 0 Å². The average Bonchev–Trinajstić information content (AvgIpc) is 3.21. The summed E-state index contributed by atoms with van der Waals surface area (Å²) >= 11 is 0. The number of carbonyl (C=O) groups excluding carboxylic acids is 3. The Morgan fingerprint density at radius 1 is 1.23 bits per heavy atom. The summed E-state index contributed by atoms with van der Waals surface area (Å²) in [5.74, 6) is -1.21. The van der Waals surface area contributed by atoms with E-state index in [2.05, 4.69) is 15.6 Å². The standard InChI is InChI=1S/C22H28N4O5/c1-3-13(2)19-21(30)25-16-7-5-4-6-14(16)11-26(19)22(31)18-9-8-17(24-18)20(29)23-10-15(28)12-27/h4-9,13,15,19,24,27-28H,3,10-12H2,1-2H3,(H,23,29)(H,25,30)/t13-,15?,19-/m0/s1. The molecule has 2 aromatic rings. The number of benzene rings is 1. The van der Waals surface area contributed by atoms with E-state index in [1.165, 1.54) is 12.1 Å². The maximum absolute atomic E-state index is 13.4. The molecule has 0 radical (unpaired) electrons. The Balaban J connectivity index is 1.86. The fraction of sp³-hybridized carbons (Fsp3) is 0.409. The lowest BCUT2D eigenvalue weighted by Gasteiger charge is -2.32. The van der Waals surface area contributed by atoms with Crippen LogP contribution in [0.1, 0.15) is 46.8 Å². The third-order valence-electron chi connectivity index (χ3n) is 5.53. The van der Waals surface area contributed by atoms with E-state index in [0.29, 0.717) is 12.1 Å². The highest BCUT2D eigenvalue weighted by molar-refractivity contribution is 6.03. The van der Waals surface area contributed by atoms with Crippen molar-refractivity contribution in [1.82, 2.24) is 15.2 Å². The Labute approximate surface area is 180 Å². The number of hydrogen-bond donors (Lipinski definition) is 5. The summed E-state index contributed by atoms with van der Waals surface area (Å²) in [6.45, 7) is 3.57. The van der Waals surface area contributed by atoms with E-state index < -0.39 is 24.7 Å². The van der Waals surface area contributed by atoms with Gasteiger partial charge in [-0.05, 0) is 29.7 Å². The minimum atomic E-state index is -1.06. The Morgan fingerprint density at radius 2 is 1.94 bits per heavy atom. The van der Waals surface area contributed by atoms with Crippen LogP contribution in [-0.2, 0) is 11.3 Å². The van der Waals surface area contributed by atoms with Gasteiger partial charge in [0, 0.05) is 18.8 Å². The van der Waals surface area contributed by atoms with Crippen molar-refractivity contribution in [3.8, 4) is 0 Å². The second kappa shape index (κ2) is 9.76. The van der Waals surface area contributed by atoms with Crippen molar-refractivity contribution < 1.29 is 24.6 Å². The van der Waals surface area contributed by atoms with Crippen LogP contribution in [0.15, 0.2) is 36.4 Å². The number of aliphatic hydroxyl groups is 2. The van der Waals surface area contributed by atoms with Gasteiger partial charge in [0.25, 0.3) is 11.8 Å². The molecule has 0 bridgehead atoms. The van der Waals surface area contributed by atoms with Crippen molar-refractivity contribution in [2.75, 3.05) is 18.5 Å². The number of nitrogens with zero attached hydrogens (tertiary/aromatic N) is 1. The molecule has 0 saturated carbocycles.